The fraction of sp³-hybridized carbons (Fsp3) is 0. The zero-order chi connectivity index (χ0) is 5.41. The molecule has 0 saturated carbocycles. The van der Waals surface area contributed by atoms with Gasteiger partial charge in [-0.15, -0.1) is 0 Å². The average molecular weight is 114 g/mol. The summed E-state index contributed by atoms with van der Waals surface area (Å²) < 4.78 is 0. The molecule has 0 aliphatic carbocycles. The summed E-state index contributed by atoms with van der Waals surface area (Å²) in [5.41, 5.74) is 27.0. The van der Waals surface area contributed by atoms with Crippen LogP contribution < -0.4 is 48.4 Å². The van der Waals surface area contributed by atoms with Gasteiger partial charge in [0.1, 0.15) is 0 Å². The second kappa shape index (κ2) is 56.7. The van der Waals surface area contributed by atoms with Gasteiger partial charge in [0.25, 0.3) is 0 Å². The maximum atomic E-state index is 6.75. The third-order valence-corrected chi connectivity index (χ3v) is 0. The van der Waals surface area contributed by atoms with Crippen molar-refractivity contribution in [2.24, 2.45) is 0 Å². The number of hydrogen-bond donors (Lipinski definition) is 0. The molecule has 0 heterocycles. The van der Waals surface area contributed by atoms with Crippen LogP contribution in [0.2, 0.25) is 0 Å². The molecule has 6 nitrogen and oxygen atoms in total. The molecule has 0 rings (SSSR count). The largest absolute Gasteiger partial charge is 1.00 e. The normalized spacial score (nSPS) is 2.00. The van der Waals surface area contributed by atoms with E-state index in [1.54, 1.807) is 0 Å². The topological polar surface area (TPSA) is 117 Å². The summed E-state index contributed by atoms with van der Waals surface area (Å²) >= 11 is 0. The smallest absolute Gasteiger partial charge is 0.373 e. The van der Waals surface area contributed by atoms with E-state index in [-0.39, 0.29) is 48.4 Å². The molecule has 0 radical (unpaired) electrons. The maximum Gasteiger partial charge on any atom is 1.00 e. The molecule has 0 aromatic carbocycles. The Morgan fingerprint density at radius 3 is 0.750 bits per heavy atom. The van der Waals surface area contributed by atoms with Crippen molar-refractivity contribution < 1.29 is 48.4 Å². The second-order valence-electron chi connectivity index (χ2n) is 0.179. The first kappa shape index (κ1) is 24.1. The van der Waals surface area contributed by atoms with Crippen LogP contribution in [0.25, 0.3) is 31.9 Å². The standard InChI is InChI=1S/Li.2N3.Na/c;2*1-3-2;/q+1;2*-1;+1. The van der Waals surface area contributed by atoms with E-state index in [2.05, 4.69) is 0 Å². The van der Waals surface area contributed by atoms with Crippen molar-refractivity contribution in [1.29, 1.82) is 0 Å². The number of rotatable bonds is 0. The Balaban J connectivity index is -0.0000000160. The van der Waals surface area contributed by atoms with E-state index in [1.165, 1.54) is 9.82 Å². The fourth-order valence-corrected chi connectivity index (χ4v) is 0. The SMILES string of the molecule is [Li+].[N-]=[N+]=[N-].[N-]=[N+]=[N-].[Na+]. The molecule has 8 heavy (non-hydrogen) atoms. The van der Waals surface area contributed by atoms with Gasteiger partial charge in [-0.3, -0.25) is 9.82 Å². The van der Waals surface area contributed by atoms with Crippen molar-refractivity contribution in [3.8, 4) is 0 Å². The molecule has 0 amide bonds. The van der Waals surface area contributed by atoms with Crippen LogP contribution in [-0.4, -0.2) is 0 Å². The van der Waals surface area contributed by atoms with Crippen LogP contribution in [0.5, 0.6) is 0 Å². The maximum absolute atomic E-state index is 6.75. The first-order chi connectivity index (χ1) is 2.83. The molecule has 0 saturated heterocycles. The van der Waals surface area contributed by atoms with Gasteiger partial charge in [0, 0.05) is 0 Å². The Labute approximate surface area is 79.9 Å². The first-order valence-electron chi connectivity index (χ1n) is 0.800. The molecule has 0 aliphatic heterocycles. The summed E-state index contributed by atoms with van der Waals surface area (Å²) in [5.74, 6) is 0. The van der Waals surface area contributed by atoms with Crippen molar-refractivity contribution in [2.45, 2.75) is 0 Å². The molecule has 0 N–H and O–H groups in total. The van der Waals surface area contributed by atoms with Gasteiger partial charge >= 0.3 is 48.4 Å². The molecule has 0 aromatic rings. The third-order valence-electron chi connectivity index (χ3n) is 0. The fourth-order valence-electron chi connectivity index (χ4n) is 0. The Morgan fingerprint density at radius 1 is 0.750 bits per heavy atom. The van der Waals surface area contributed by atoms with E-state index in [0.29, 0.717) is 0 Å². The number of hydrogen-bond acceptors (Lipinski definition) is 0. The van der Waals surface area contributed by atoms with Crippen LogP contribution in [0, 0.1) is 0 Å². The monoisotopic (exact) mass is 114 g/mol. The van der Waals surface area contributed by atoms with Gasteiger partial charge in [0.05, 0.1) is 0 Å². The Morgan fingerprint density at radius 2 is 0.750 bits per heavy atom. The Hall–Kier alpha value is 0.217. The molecule has 0 aliphatic rings. The summed E-state index contributed by atoms with van der Waals surface area (Å²) in [4.78, 5) is 3.00. The minimum atomic E-state index is 0. The first-order valence-corrected chi connectivity index (χ1v) is 0.800. The van der Waals surface area contributed by atoms with Crippen molar-refractivity contribution in [1.82, 2.24) is 0 Å². The molecule has 0 unspecified atom stereocenters. The molecular weight excluding hydrogens is 114 g/mol. The molecule has 8 heteroatoms. The van der Waals surface area contributed by atoms with Gasteiger partial charge in [0.15, 0.2) is 0 Å². The summed E-state index contributed by atoms with van der Waals surface area (Å²) in [5, 5.41) is 0. The summed E-state index contributed by atoms with van der Waals surface area (Å²) in [6.07, 6.45) is 0. The quantitative estimate of drug-likeness (QED) is 0.131. The zero-order valence-corrected chi connectivity index (χ0v) is 6.68. The summed E-state index contributed by atoms with van der Waals surface area (Å²) in [6.45, 7) is 0. The minimum Gasteiger partial charge on any atom is -0.373 e. The zero-order valence-electron chi connectivity index (χ0n) is 4.68. The molecule has 0 bridgehead atoms. The summed E-state index contributed by atoms with van der Waals surface area (Å²) in [7, 11) is 0. The number of nitrogens with zero attached hydrogens (tertiary/aromatic N) is 6. The van der Waals surface area contributed by atoms with Crippen LogP contribution in [0.3, 0.4) is 0 Å². The van der Waals surface area contributed by atoms with E-state index in [9.17, 15) is 0 Å². The van der Waals surface area contributed by atoms with Crippen LogP contribution in [0.15, 0.2) is 0 Å². The van der Waals surface area contributed by atoms with Crippen LogP contribution in [0.1, 0.15) is 0 Å². The van der Waals surface area contributed by atoms with Crippen LogP contribution in [-0.2, 0) is 0 Å². The van der Waals surface area contributed by atoms with Gasteiger partial charge in [-0.1, -0.05) is 0 Å². The molecule has 0 spiro atoms. The van der Waals surface area contributed by atoms with Crippen LogP contribution in [0.4, 0.5) is 0 Å². The van der Waals surface area contributed by atoms with Crippen molar-refractivity contribution >= 4 is 0 Å². The Bertz CT molecular complexity index is 62.5. The van der Waals surface area contributed by atoms with E-state index < -0.39 is 0 Å². The van der Waals surface area contributed by atoms with E-state index in [4.69, 9.17) is 22.1 Å². The van der Waals surface area contributed by atoms with Crippen molar-refractivity contribution in [3.63, 3.8) is 0 Å². The van der Waals surface area contributed by atoms with Gasteiger partial charge < -0.3 is 22.1 Å². The molecule has 0 aromatic heterocycles. The van der Waals surface area contributed by atoms with E-state index in [0.717, 1.165) is 0 Å². The predicted molar refractivity (Wildman–Crippen MR) is 20.2 cm³/mol. The van der Waals surface area contributed by atoms with Crippen molar-refractivity contribution in [3.05, 3.63) is 31.9 Å². The third kappa shape index (κ3) is 3580. The van der Waals surface area contributed by atoms with Crippen LogP contribution >= 0.6 is 0 Å². The molecular formula is LiN6Na. The van der Waals surface area contributed by atoms with Gasteiger partial charge in [-0.25, -0.2) is 0 Å². The molecule has 0 fully saturated rings. The van der Waals surface area contributed by atoms with Gasteiger partial charge in [-0.2, -0.15) is 0 Å². The average Bonchev–Trinajstić information content (AvgIpc) is 1.39. The van der Waals surface area contributed by atoms with Gasteiger partial charge in [0.2, 0.25) is 0 Å². The van der Waals surface area contributed by atoms with E-state index in [1.807, 2.05) is 0 Å². The Kier molecular flexibility index (Phi) is 171. The predicted octanol–water partition coefficient (Wildman–Crippen LogP) is -4.26. The second-order valence-corrected chi connectivity index (χ2v) is 0.179. The van der Waals surface area contributed by atoms with Crippen molar-refractivity contribution in [2.75, 3.05) is 0 Å². The summed E-state index contributed by atoms with van der Waals surface area (Å²) in [6, 6.07) is 0. The van der Waals surface area contributed by atoms with Gasteiger partial charge in [-0.05, 0) is 0 Å². The molecule has 0 atom stereocenters. The minimum absolute atomic E-state index is 0. The molecule has 32 valence electrons. The van der Waals surface area contributed by atoms with E-state index >= 15 is 0 Å².